The zero-order valence-corrected chi connectivity index (χ0v) is 10.1. The second-order valence-corrected chi connectivity index (χ2v) is 4.62. The van der Waals surface area contributed by atoms with Crippen LogP contribution in [-0.2, 0) is 4.74 Å². The summed E-state index contributed by atoms with van der Waals surface area (Å²) in [6.45, 7) is 7.31. The Morgan fingerprint density at radius 3 is 2.62 bits per heavy atom. The van der Waals surface area contributed by atoms with Crippen molar-refractivity contribution in [3.05, 3.63) is 24.0 Å². The number of hydrogen-bond acceptors (Lipinski definition) is 3. The van der Waals surface area contributed by atoms with Crippen LogP contribution in [0.3, 0.4) is 0 Å². The largest absolute Gasteiger partial charge is 0.444 e. The van der Waals surface area contributed by atoms with Gasteiger partial charge in [-0.05, 0) is 27.7 Å². The van der Waals surface area contributed by atoms with Crippen molar-refractivity contribution in [3.8, 4) is 0 Å². The molecule has 0 fully saturated rings. The molecule has 1 heterocycles. The maximum atomic E-state index is 11.5. The highest BCUT2D eigenvalue weighted by Gasteiger charge is 2.17. The summed E-state index contributed by atoms with van der Waals surface area (Å²) < 4.78 is 6.56. The van der Waals surface area contributed by atoms with E-state index in [9.17, 15) is 4.79 Å². The average molecular weight is 224 g/mol. The molecule has 0 radical (unpaired) electrons. The van der Waals surface area contributed by atoms with E-state index in [1.807, 2.05) is 27.7 Å². The Balaban J connectivity index is 2.70. The van der Waals surface area contributed by atoms with E-state index in [1.165, 1.54) is 4.68 Å². The number of rotatable bonds is 1. The first-order chi connectivity index (χ1) is 7.28. The number of nitrogens with zero attached hydrogens (tertiary/aromatic N) is 1. The van der Waals surface area contributed by atoms with Gasteiger partial charge in [-0.1, -0.05) is 4.68 Å². The van der Waals surface area contributed by atoms with E-state index in [4.69, 9.17) is 10.6 Å². The highest BCUT2D eigenvalue weighted by molar-refractivity contribution is 5.85. The molecule has 0 saturated carbocycles. The Hall–Kier alpha value is -1.78. The predicted octanol–water partition coefficient (Wildman–Crippen LogP) is 1.34. The number of hydrogen-bond donors (Lipinski definition) is 2. The average Bonchev–Trinajstić information content (AvgIpc) is 2.06. The number of anilines is 1. The third kappa shape index (κ3) is 3.76. The number of carbonyl (C=O) groups is 1. The molecule has 5 heteroatoms. The fourth-order valence-corrected chi connectivity index (χ4v) is 1.18. The molecule has 5 nitrogen and oxygen atoms in total. The van der Waals surface area contributed by atoms with Gasteiger partial charge in [0.05, 0.1) is 5.69 Å². The molecule has 0 aliphatic rings. The Bertz CT molecular complexity index is 397. The predicted molar refractivity (Wildman–Crippen MR) is 61.4 cm³/mol. The minimum Gasteiger partial charge on any atom is -0.444 e. The van der Waals surface area contributed by atoms with Crippen molar-refractivity contribution in [2.24, 2.45) is 0 Å². The molecule has 3 N–H and O–H groups in total. The van der Waals surface area contributed by atoms with Gasteiger partial charge in [0.25, 0.3) is 0 Å². The van der Waals surface area contributed by atoms with Crippen molar-refractivity contribution in [1.82, 2.24) is 0 Å². The minimum absolute atomic E-state index is 0.467. The molecule has 0 aliphatic carbocycles. The number of nitrogens with one attached hydrogen (secondary N) is 1. The molecule has 16 heavy (non-hydrogen) atoms. The second-order valence-electron chi connectivity index (χ2n) is 4.62. The molecule has 1 rings (SSSR count). The zero-order chi connectivity index (χ0) is 12.3. The third-order valence-corrected chi connectivity index (χ3v) is 1.82. The summed E-state index contributed by atoms with van der Waals surface area (Å²) in [5.74, 6) is 5.53. The number of aromatic nitrogens is 1. The molecule has 0 saturated heterocycles. The first-order valence-corrected chi connectivity index (χ1v) is 5.05. The molecular weight excluding hydrogens is 206 g/mol. The molecule has 0 unspecified atom stereocenters. The maximum Gasteiger partial charge on any atom is 0.412 e. The number of carbonyl (C=O) groups excluding carboxylic acids is 1. The summed E-state index contributed by atoms with van der Waals surface area (Å²) in [6.07, 6.45) is 2.90. The van der Waals surface area contributed by atoms with Crippen molar-refractivity contribution < 1.29 is 14.2 Å². The first-order valence-electron chi connectivity index (χ1n) is 5.05. The van der Waals surface area contributed by atoms with Gasteiger partial charge in [0.2, 0.25) is 12.4 Å². The van der Waals surface area contributed by atoms with Crippen LogP contribution in [0.4, 0.5) is 10.5 Å². The van der Waals surface area contributed by atoms with Gasteiger partial charge < -0.3 is 4.74 Å². The van der Waals surface area contributed by atoms with Crippen molar-refractivity contribution in [1.29, 1.82) is 0 Å². The van der Waals surface area contributed by atoms with Crippen LogP contribution < -0.4 is 15.8 Å². The number of aryl methyl sites for hydroxylation is 1. The van der Waals surface area contributed by atoms with Crippen molar-refractivity contribution in [2.75, 3.05) is 11.2 Å². The van der Waals surface area contributed by atoms with Crippen LogP contribution in [-0.4, -0.2) is 11.7 Å². The molecule has 0 aromatic carbocycles. The Labute approximate surface area is 95.2 Å². The van der Waals surface area contributed by atoms with Crippen molar-refractivity contribution >= 4 is 11.8 Å². The fraction of sp³-hybridized carbons (Fsp3) is 0.455. The van der Waals surface area contributed by atoms with Gasteiger partial charge in [-0.25, -0.2) is 10.6 Å². The van der Waals surface area contributed by atoms with Crippen LogP contribution in [0, 0.1) is 6.92 Å². The third-order valence-electron chi connectivity index (χ3n) is 1.82. The molecular formula is C11H18N3O2+. The Kier molecular flexibility index (Phi) is 3.37. The summed E-state index contributed by atoms with van der Waals surface area (Å²) >= 11 is 0. The molecule has 1 aromatic rings. The van der Waals surface area contributed by atoms with Crippen LogP contribution >= 0.6 is 0 Å². The van der Waals surface area contributed by atoms with E-state index < -0.39 is 11.7 Å². The second kappa shape index (κ2) is 4.38. The van der Waals surface area contributed by atoms with E-state index in [2.05, 4.69) is 5.32 Å². The topological polar surface area (TPSA) is 68.2 Å². The SMILES string of the molecule is Cc1c[n+](N)ccc1NC(=O)OC(C)(C)C. The van der Waals surface area contributed by atoms with E-state index in [-0.39, 0.29) is 0 Å². The lowest BCUT2D eigenvalue weighted by atomic mass is 10.2. The summed E-state index contributed by atoms with van der Waals surface area (Å²) in [4.78, 5) is 11.5. The van der Waals surface area contributed by atoms with Gasteiger partial charge in [-0.2, -0.15) is 0 Å². The monoisotopic (exact) mass is 224 g/mol. The van der Waals surface area contributed by atoms with Gasteiger partial charge in [-0.3, -0.25) is 5.32 Å². The number of nitrogens with two attached hydrogens (primary N) is 1. The van der Waals surface area contributed by atoms with E-state index >= 15 is 0 Å². The fourth-order valence-electron chi connectivity index (χ4n) is 1.18. The normalized spacial score (nSPS) is 11.0. The summed E-state index contributed by atoms with van der Waals surface area (Å²) in [6, 6.07) is 1.72. The quantitative estimate of drug-likeness (QED) is 0.558. The smallest absolute Gasteiger partial charge is 0.412 e. The molecule has 1 amide bonds. The standard InChI is InChI=1S/C11H17N3O2/c1-8-7-14(12)6-5-9(8)13-10(15)16-11(2,3)4/h5-7H,12H2,1-4H3/p+1. The lowest BCUT2D eigenvalue weighted by molar-refractivity contribution is -0.639. The molecule has 0 aliphatic heterocycles. The molecule has 1 aromatic heterocycles. The highest BCUT2D eigenvalue weighted by atomic mass is 16.6. The van der Waals surface area contributed by atoms with Gasteiger partial charge in [0.15, 0.2) is 0 Å². The van der Waals surface area contributed by atoms with Gasteiger partial charge >= 0.3 is 6.09 Å². The Morgan fingerprint density at radius 1 is 1.50 bits per heavy atom. The summed E-state index contributed by atoms with van der Waals surface area (Å²) in [5, 5.41) is 2.66. The summed E-state index contributed by atoms with van der Waals surface area (Å²) in [7, 11) is 0. The Morgan fingerprint density at radius 2 is 2.12 bits per heavy atom. The zero-order valence-electron chi connectivity index (χ0n) is 10.1. The van der Waals surface area contributed by atoms with Gasteiger partial charge in [-0.15, -0.1) is 0 Å². The van der Waals surface area contributed by atoms with Crippen LogP contribution in [0.1, 0.15) is 26.3 Å². The van der Waals surface area contributed by atoms with E-state index in [1.54, 1.807) is 18.5 Å². The number of amides is 1. The number of ether oxygens (including phenoxy) is 1. The summed E-state index contributed by atoms with van der Waals surface area (Å²) in [5.41, 5.74) is 1.06. The van der Waals surface area contributed by atoms with Crippen molar-refractivity contribution in [2.45, 2.75) is 33.3 Å². The molecule has 0 spiro atoms. The van der Waals surface area contributed by atoms with Gasteiger partial charge in [0, 0.05) is 11.6 Å². The molecule has 88 valence electrons. The van der Waals surface area contributed by atoms with Gasteiger partial charge in [0.1, 0.15) is 5.60 Å². The molecule has 0 atom stereocenters. The first kappa shape index (κ1) is 12.3. The van der Waals surface area contributed by atoms with Crippen LogP contribution in [0.25, 0.3) is 0 Å². The van der Waals surface area contributed by atoms with E-state index in [0.29, 0.717) is 5.69 Å². The number of pyridine rings is 1. The van der Waals surface area contributed by atoms with Crippen LogP contribution in [0.5, 0.6) is 0 Å². The van der Waals surface area contributed by atoms with Crippen LogP contribution in [0.15, 0.2) is 18.5 Å². The minimum atomic E-state index is -0.499. The lowest BCUT2D eigenvalue weighted by Crippen LogP contribution is -2.43. The van der Waals surface area contributed by atoms with Crippen molar-refractivity contribution in [3.63, 3.8) is 0 Å². The number of nitrogen functional groups attached to an aromatic ring is 1. The molecule has 0 bridgehead atoms. The van der Waals surface area contributed by atoms with E-state index in [0.717, 1.165) is 5.56 Å². The lowest BCUT2D eigenvalue weighted by Gasteiger charge is -2.19. The highest BCUT2D eigenvalue weighted by Crippen LogP contribution is 2.13. The van der Waals surface area contributed by atoms with Crippen LogP contribution in [0.2, 0.25) is 0 Å². The maximum absolute atomic E-state index is 11.5.